The molecule has 0 radical (unpaired) electrons. The fraction of sp³-hybridized carbons (Fsp3) is 0.500. The Kier molecular flexibility index (Phi) is 5.05. The Hall–Kier alpha value is -2.25. The fourth-order valence-electron chi connectivity index (χ4n) is 3.03. The van der Waals surface area contributed by atoms with Gasteiger partial charge in [0.05, 0.1) is 0 Å². The Balaban J connectivity index is 2.21. The number of carboxylic acid groups (broad SMARTS) is 1. The summed E-state index contributed by atoms with van der Waals surface area (Å²) in [5, 5.41) is 9.50. The number of carbonyl (C=O) groups excluding carboxylic acids is 1. The second-order valence-corrected chi connectivity index (χ2v) is 6.04. The number of carboxylic acids is 1. The summed E-state index contributed by atoms with van der Waals surface area (Å²) in [5.41, 5.74) is 1.78. The normalized spacial score (nSPS) is 21.0. The second-order valence-electron chi connectivity index (χ2n) is 6.04. The first kappa shape index (κ1) is 18.1. The molecule has 2 atom stereocenters. The zero-order valence-corrected chi connectivity index (χ0v) is 13.4. The number of amides is 2. The summed E-state index contributed by atoms with van der Waals surface area (Å²) in [7, 11) is 1.02. The van der Waals surface area contributed by atoms with E-state index in [2.05, 4.69) is 0 Å². The molecule has 2 rings (SSSR count). The van der Waals surface area contributed by atoms with Crippen molar-refractivity contribution in [2.75, 3.05) is 20.1 Å². The fourth-order valence-corrected chi connectivity index (χ4v) is 3.03. The van der Waals surface area contributed by atoms with Crippen molar-refractivity contribution in [1.29, 1.82) is 0 Å². The minimum absolute atomic E-state index is 0.108. The van der Waals surface area contributed by atoms with Gasteiger partial charge in [0.25, 0.3) is 0 Å². The molecule has 5 nitrogen and oxygen atoms in total. The van der Waals surface area contributed by atoms with E-state index in [0.717, 1.165) is 23.1 Å². The van der Waals surface area contributed by atoms with Crippen molar-refractivity contribution < 1.29 is 27.9 Å². The highest BCUT2D eigenvalue weighted by molar-refractivity contribution is 5.84. The van der Waals surface area contributed by atoms with Gasteiger partial charge >= 0.3 is 18.2 Å². The summed E-state index contributed by atoms with van der Waals surface area (Å²) in [4.78, 5) is 25.4. The highest BCUT2D eigenvalue weighted by Gasteiger charge is 2.44. The maximum atomic E-state index is 12.5. The summed E-state index contributed by atoms with van der Waals surface area (Å²) in [6, 6.07) is 5.18. The predicted octanol–water partition coefficient (Wildman–Crippen LogP) is 2.85. The lowest BCUT2D eigenvalue weighted by Crippen LogP contribution is -2.50. The second kappa shape index (κ2) is 6.70. The molecule has 1 saturated heterocycles. The van der Waals surface area contributed by atoms with Crippen LogP contribution in [0.1, 0.15) is 23.5 Å². The van der Waals surface area contributed by atoms with Crippen LogP contribution in [0.3, 0.4) is 0 Å². The van der Waals surface area contributed by atoms with E-state index >= 15 is 0 Å². The quantitative estimate of drug-likeness (QED) is 0.917. The van der Waals surface area contributed by atoms with Crippen molar-refractivity contribution in [1.82, 2.24) is 9.80 Å². The maximum Gasteiger partial charge on any atom is 0.406 e. The molecule has 1 fully saturated rings. The molecule has 24 heavy (non-hydrogen) atoms. The Morgan fingerprint density at radius 3 is 2.38 bits per heavy atom. The van der Waals surface area contributed by atoms with E-state index in [9.17, 15) is 27.9 Å². The van der Waals surface area contributed by atoms with Gasteiger partial charge in [-0.15, -0.1) is 0 Å². The molecule has 0 saturated carbocycles. The molecule has 0 aliphatic carbocycles. The van der Waals surface area contributed by atoms with E-state index in [1.54, 1.807) is 12.1 Å². The van der Waals surface area contributed by atoms with Gasteiger partial charge in [-0.25, -0.2) is 9.59 Å². The highest BCUT2D eigenvalue weighted by atomic mass is 19.4. The van der Waals surface area contributed by atoms with Crippen molar-refractivity contribution in [3.05, 3.63) is 35.4 Å². The molecule has 1 aromatic rings. The van der Waals surface area contributed by atoms with Crippen LogP contribution in [0.4, 0.5) is 18.0 Å². The number of aryl methyl sites for hydroxylation is 1. The number of carbonyl (C=O) groups is 2. The van der Waals surface area contributed by atoms with Gasteiger partial charge < -0.3 is 14.9 Å². The van der Waals surface area contributed by atoms with Crippen LogP contribution in [0.15, 0.2) is 24.3 Å². The van der Waals surface area contributed by atoms with Crippen LogP contribution in [0.5, 0.6) is 0 Å². The summed E-state index contributed by atoms with van der Waals surface area (Å²) in [6.45, 7) is 0.593. The molecule has 0 aromatic heterocycles. The number of benzene rings is 1. The summed E-state index contributed by atoms with van der Waals surface area (Å²) in [6.07, 6.45) is -4.13. The molecule has 1 aliphatic heterocycles. The van der Waals surface area contributed by atoms with Gasteiger partial charge in [0.2, 0.25) is 0 Å². The zero-order chi connectivity index (χ0) is 18.1. The van der Waals surface area contributed by atoms with Crippen molar-refractivity contribution in [2.24, 2.45) is 0 Å². The molecular formula is C16H19F3N2O3. The van der Waals surface area contributed by atoms with E-state index in [4.69, 9.17) is 0 Å². The van der Waals surface area contributed by atoms with Gasteiger partial charge in [0, 0.05) is 19.5 Å². The standard InChI is InChI=1S/C16H19F3N2O3/c1-10-3-5-11(6-4-10)12-7-8-21(13(12)14(22)23)15(24)20(2)9-16(17,18)19/h3-6,12-13H,7-9H2,1-2H3,(H,22,23). The van der Waals surface area contributed by atoms with Crippen molar-refractivity contribution in [3.8, 4) is 0 Å². The highest BCUT2D eigenvalue weighted by Crippen LogP contribution is 2.34. The molecular weight excluding hydrogens is 325 g/mol. The van der Waals surface area contributed by atoms with E-state index in [1.165, 1.54) is 0 Å². The zero-order valence-electron chi connectivity index (χ0n) is 13.4. The van der Waals surface area contributed by atoms with Crippen LogP contribution in [0.25, 0.3) is 0 Å². The van der Waals surface area contributed by atoms with Gasteiger partial charge in [0.1, 0.15) is 12.6 Å². The summed E-state index contributed by atoms with van der Waals surface area (Å²) in [5.74, 6) is -1.65. The molecule has 132 valence electrons. The minimum atomic E-state index is -4.53. The monoisotopic (exact) mass is 344 g/mol. The molecule has 1 heterocycles. The number of urea groups is 1. The van der Waals surface area contributed by atoms with E-state index in [-0.39, 0.29) is 6.54 Å². The Morgan fingerprint density at radius 1 is 1.29 bits per heavy atom. The number of aliphatic carboxylic acids is 1. The van der Waals surface area contributed by atoms with Crippen LogP contribution in [0.2, 0.25) is 0 Å². The number of halogens is 3. The van der Waals surface area contributed by atoms with Crippen molar-refractivity contribution in [3.63, 3.8) is 0 Å². The lowest BCUT2D eigenvalue weighted by atomic mass is 9.91. The number of nitrogens with zero attached hydrogens (tertiary/aromatic N) is 2. The molecule has 2 unspecified atom stereocenters. The van der Waals surface area contributed by atoms with Gasteiger partial charge in [-0.2, -0.15) is 13.2 Å². The van der Waals surface area contributed by atoms with Crippen molar-refractivity contribution in [2.45, 2.75) is 31.5 Å². The molecule has 1 aromatic carbocycles. The van der Waals surface area contributed by atoms with Gasteiger partial charge in [-0.1, -0.05) is 29.8 Å². The van der Waals surface area contributed by atoms with Gasteiger partial charge in [-0.3, -0.25) is 0 Å². The largest absolute Gasteiger partial charge is 0.480 e. The molecule has 1 aliphatic rings. The van der Waals surface area contributed by atoms with E-state index < -0.39 is 36.7 Å². The third-order valence-electron chi connectivity index (χ3n) is 4.15. The van der Waals surface area contributed by atoms with E-state index in [1.807, 2.05) is 19.1 Å². The Bertz CT molecular complexity index is 616. The Morgan fingerprint density at radius 2 is 1.88 bits per heavy atom. The average Bonchev–Trinajstić information content (AvgIpc) is 2.90. The maximum absolute atomic E-state index is 12.5. The smallest absolute Gasteiger partial charge is 0.406 e. The first-order valence-corrected chi connectivity index (χ1v) is 7.48. The molecule has 8 heteroatoms. The lowest BCUT2D eigenvalue weighted by Gasteiger charge is -2.29. The van der Waals surface area contributed by atoms with Crippen molar-refractivity contribution >= 4 is 12.0 Å². The van der Waals surface area contributed by atoms with Crippen LogP contribution >= 0.6 is 0 Å². The van der Waals surface area contributed by atoms with Crippen LogP contribution < -0.4 is 0 Å². The minimum Gasteiger partial charge on any atom is -0.480 e. The first-order chi connectivity index (χ1) is 11.1. The average molecular weight is 344 g/mol. The molecule has 0 spiro atoms. The predicted molar refractivity (Wildman–Crippen MR) is 80.7 cm³/mol. The van der Waals surface area contributed by atoms with E-state index in [0.29, 0.717) is 11.3 Å². The summed E-state index contributed by atoms with van der Waals surface area (Å²) >= 11 is 0. The molecule has 2 amide bonds. The van der Waals surface area contributed by atoms with Crippen LogP contribution in [-0.2, 0) is 4.79 Å². The van der Waals surface area contributed by atoms with Crippen LogP contribution in [-0.4, -0.2) is 59.3 Å². The number of rotatable bonds is 3. The third-order valence-corrected chi connectivity index (χ3v) is 4.15. The topological polar surface area (TPSA) is 60.9 Å². The number of likely N-dealkylation sites (tertiary alicyclic amines) is 1. The SMILES string of the molecule is Cc1ccc(C2CCN(C(=O)N(C)CC(F)(F)F)C2C(=O)O)cc1. The number of hydrogen-bond acceptors (Lipinski definition) is 2. The number of hydrogen-bond donors (Lipinski definition) is 1. The van der Waals surface area contributed by atoms with Crippen LogP contribution in [0, 0.1) is 6.92 Å². The number of alkyl halides is 3. The molecule has 0 bridgehead atoms. The Labute approximate surface area is 137 Å². The third kappa shape index (κ3) is 3.98. The van der Waals surface area contributed by atoms with Gasteiger partial charge in [0.15, 0.2) is 0 Å². The summed E-state index contributed by atoms with van der Waals surface area (Å²) < 4.78 is 37.4. The molecule has 1 N–H and O–H groups in total. The first-order valence-electron chi connectivity index (χ1n) is 7.48. The van der Waals surface area contributed by atoms with Gasteiger partial charge in [-0.05, 0) is 18.9 Å². The lowest BCUT2D eigenvalue weighted by molar-refractivity contribution is -0.143.